The number of benzene rings is 3. The fourth-order valence-corrected chi connectivity index (χ4v) is 5.02. The fourth-order valence-electron chi connectivity index (χ4n) is 3.64. The molecule has 0 aliphatic rings. The zero-order valence-electron chi connectivity index (χ0n) is 19.1. The van der Waals surface area contributed by atoms with Crippen molar-refractivity contribution in [2.45, 2.75) is 45.1 Å². The first-order chi connectivity index (χ1) is 15.8. The van der Waals surface area contributed by atoms with Gasteiger partial charge in [0, 0.05) is 17.8 Å². The van der Waals surface area contributed by atoms with E-state index in [2.05, 4.69) is 5.32 Å². The number of hydrogen-bond acceptors (Lipinski definition) is 3. The third-order valence-electron chi connectivity index (χ3n) is 5.55. The number of hydrogen-bond donors (Lipinski definition) is 1. The minimum absolute atomic E-state index is 0.0560. The van der Waals surface area contributed by atoms with Gasteiger partial charge in [0.15, 0.2) is 0 Å². The fraction of sp³-hybridized carbons (Fsp3) is 0.269. The molecule has 1 N–H and O–H groups in total. The molecule has 0 aromatic heterocycles. The third-order valence-corrected chi connectivity index (χ3v) is 7.35. The molecule has 0 fully saturated rings. The maximum absolute atomic E-state index is 14.4. The molecule has 0 heterocycles. The second kappa shape index (κ2) is 10.7. The summed E-state index contributed by atoms with van der Waals surface area (Å²) in [5, 5.41) is 2.91. The van der Waals surface area contributed by atoms with E-state index >= 15 is 0 Å². The van der Waals surface area contributed by atoms with E-state index in [1.165, 1.54) is 30.3 Å². The summed E-state index contributed by atoms with van der Waals surface area (Å²) in [4.78, 5) is 13.1. The van der Waals surface area contributed by atoms with Crippen molar-refractivity contribution in [2.24, 2.45) is 0 Å². The Morgan fingerprint density at radius 2 is 1.45 bits per heavy atom. The SMILES string of the molecule is CCc1cccc(CC)c1NC(=O)CN(Cc1ccccc1F)S(=O)(=O)c1ccc(C)cc1. The third kappa shape index (κ3) is 5.86. The number of anilines is 1. The van der Waals surface area contributed by atoms with Crippen molar-refractivity contribution in [1.82, 2.24) is 4.31 Å². The second-order valence-corrected chi connectivity index (χ2v) is 9.82. The molecule has 0 atom stereocenters. The number of halogens is 1. The summed E-state index contributed by atoms with van der Waals surface area (Å²) in [7, 11) is -4.05. The monoisotopic (exact) mass is 468 g/mol. The Kier molecular flexibility index (Phi) is 8.00. The van der Waals surface area contributed by atoms with E-state index in [0.717, 1.165) is 33.8 Å². The highest BCUT2D eigenvalue weighted by Gasteiger charge is 2.28. The first-order valence-corrected chi connectivity index (χ1v) is 12.4. The van der Waals surface area contributed by atoms with Crippen LogP contribution in [0.2, 0.25) is 0 Å². The van der Waals surface area contributed by atoms with Gasteiger partial charge >= 0.3 is 0 Å². The van der Waals surface area contributed by atoms with Crippen LogP contribution in [0.1, 0.15) is 36.1 Å². The van der Waals surface area contributed by atoms with E-state index in [1.54, 1.807) is 18.2 Å². The number of carbonyl (C=O) groups excluding carboxylic acids is 1. The minimum atomic E-state index is -4.05. The van der Waals surface area contributed by atoms with Crippen LogP contribution in [-0.2, 0) is 34.2 Å². The van der Waals surface area contributed by atoms with E-state index < -0.39 is 28.3 Å². The molecule has 0 saturated heterocycles. The minimum Gasteiger partial charge on any atom is -0.324 e. The van der Waals surface area contributed by atoms with E-state index in [0.29, 0.717) is 5.69 Å². The molecule has 0 unspecified atom stereocenters. The van der Waals surface area contributed by atoms with Crippen molar-refractivity contribution < 1.29 is 17.6 Å². The summed E-state index contributed by atoms with van der Waals surface area (Å²) >= 11 is 0. The molecular weight excluding hydrogens is 439 g/mol. The number of rotatable bonds is 9. The molecule has 1 amide bonds. The number of nitrogens with one attached hydrogen (secondary N) is 1. The summed E-state index contributed by atoms with van der Waals surface area (Å²) < 4.78 is 42.2. The number of aryl methyl sites for hydroxylation is 3. The molecule has 0 saturated carbocycles. The largest absolute Gasteiger partial charge is 0.324 e. The molecule has 3 rings (SSSR count). The molecule has 3 aromatic carbocycles. The van der Waals surface area contributed by atoms with E-state index in [9.17, 15) is 17.6 Å². The average Bonchev–Trinajstić information content (AvgIpc) is 2.80. The smallest absolute Gasteiger partial charge is 0.243 e. The topological polar surface area (TPSA) is 66.5 Å². The normalized spacial score (nSPS) is 11.5. The van der Waals surface area contributed by atoms with Gasteiger partial charge in [-0.2, -0.15) is 4.31 Å². The Labute approximate surface area is 195 Å². The van der Waals surface area contributed by atoms with Crippen LogP contribution in [0, 0.1) is 12.7 Å². The van der Waals surface area contributed by atoms with Gasteiger partial charge in [-0.3, -0.25) is 4.79 Å². The van der Waals surface area contributed by atoms with Gasteiger partial charge in [-0.15, -0.1) is 0 Å². The highest BCUT2D eigenvalue weighted by Crippen LogP contribution is 2.24. The van der Waals surface area contributed by atoms with Gasteiger partial charge in [0.25, 0.3) is 0 Å². The van der Waals surface area contributed by atoms with E-state index in [1.807, 2.05) is 39.0 Å². The number of sulfonamides is 1. The highest BCUT2D eigenvalue weighted by molar-refractivity contribution is 7.89. The summed E-state index contributed by atoms with van der Waals surface area (Å²) in [6.07, 6.45) is 1.45. The van der Waals surface area contributed by atoms with Gasteiger partial charge < -0.3 is 5.32 Å². The summed E-state index contributed by atoms with van der Waals surface area (Å²) in [6.45, 7) is 5.16. The highest BCUT2D eigenvalue weighted by atomic mass is 32.2. The molecule has 0 spiro atoms. The van der Waals surface area contributed by atoms with Crippen LogP contribution in [0.4, 0.5) is 10.1 Å². The van der Waals surface area contributed by atoms with Crippen LogP contribution in [0.3, 0.4) is 0 Å². The van der Waals surface area contributed by atoms with Crippen LogP contribution in [0.15, 0.2) is 71.6 Å². The first-order valence-electron chi connectivity index (χ1n) is 11.0. The number of amides is 1. The lowest BCUT2D eigenvalue weighted by atomic mass is 10.0. The Hall–Kier alpha value is -3.03. The predicted octanol–water partition coefficient (Wildman–Crippen LogP) is 5.09. The molecule has 174 valence electrons. The standard InChI is InChI=1S/C26H29FN2O3S/c1-4-20-10-8-11-21(5-2)26(20)28-25(30)18-29(17-22-9-6-7-12-24(22)27)33(31,32)23-15-13-19(3)14-16-23/h6-16H,4-5,17-18H2,1-3H3,(H,28,30). The summed E-state index contributed by atoms with van der Waals surface area (Å²) in [5.74, 6) is -0.996. The van der Waals surface area contributed by atoms with Crippen LogP contribution >= 0.6 is 0 Å². The lowest BCUT2D eigenvalue weighted by molar-refractivity contribution is -0.116. The quantitative estimate of drug-likeness (QED) is 0.476. The number of para-hydroxylation sites is 1. The molecule has 7 heteroatoms. The second-order valence-electron chi connectivity index (χ2n) is 7.88. The van der Waals surface area contributed by atoms with Crippen molar-refractivity contribution in [2.75, 3.05) is 11.9 Å². The zero-order valence-corrected chi connectivity index (χ0v) is 20.0. The lowest BCUT2D eigenvalue weighted by Gasteiger charge is -2.23. The molecule has 5 nitrogen and oxygen atoms in total. The first kappa shape index (κ1) is 24.6. The molecule has 33 heavy (non-hydrogen) atoms. The molecule has 0 aliphatic carbocycles. The van der Waals surface area contributed by atoms with Crippen molar-refractivity contribution in [1.29, 1.82) is 0 Å². The lowest BCUT2D eigenvalue weighted by Crippen LogP contribution is -2.38. The van der Waals surface area contributed by atoms with Crippen LogP contribution in [-0.4, -0.2) is 25.2 Å². The van der Waals surface area contributed by atoms with Gasteiger partial charge in [-0.25, -0.2) is 12.8 Å². The van der Waals surface area contributed by atoms with Gasteiger partial charge in [0.05, 0.1) is 11.4 Å². The molecule has 0 aliphatic heterocycles. The van der Waals surface area contributed by atoms with Gasteiger partial charge in [-0.1, -0.05) is 67.9 Å². The van der Waals surface area contributed by atoms with Crippen molar-refractivity contribution >= 4 is 21.6 Å². The van der Waals surface area contributed by atoms with E-state index in [-0.39, 0.29) is 17.0 Å². The Morgan fingerprint density at radius 3 is 2.03 bits per heavy atom. The Bertz CT molecular complexity index is 1200. The van der Waals surface area contributed by atoms with Crippen LogP contribution in [0.25, 0.3) is 0 Å². The van der Waals surface area contributed by atoms with Crippen molar-refractivity contribution in [3.63, 3.8) is 0 Å². The molecule has 0 bridgehead atoms. The van der Waals surface area contributed by atoms with Crippen LogP contribution in [0.5, 0.6) is 0 Å². The number of carbonyl (C=O) groups is 1. The molecule has 0 radical (unpaired) electrons. The predicted molar refractivity (Wildman–Crippen MR) is 129 cm³/mol. The van der Waals surface area contributed by atoms with E-state index in [4.69, 9.17) is 0 Å². The van der Waals surface area contributed by atoms with Gasteiger partial charge in [0.1, 0.15) is 5.82 Å². The maximum atomic E-state index is 14.4. The van der Waals surface area contributed by atoms with Gasteiger partial charge in [-0.05, 0) is 49.1 Å². The van der Waals surface area contributed by atoms with Crippen molar-refractivity contribution in [3.05, 3.63) is 94.8 Å². The van der Waals surface area contributed by atoms with Crippen LogP contribution < -0.4 is 5.32 Å². The Morgan fingerprint density at radius 1 is 0.879 bits per heavy atom. The summed E-state index contributed by atoms with van der Waals surface area (Å²) in [5.41, 5.74) is 3.78. The molecule has 3 aromatic rings. The van der Waals surface area contributed by atoms with Crippen molar-refractivity contribution in [3.8, 4) is 0 Å². The maximum Gasteiger partial charge on any atom is 0.243 e. The summed E-state index contributed by atoms with van der Waals surface area (Å²) in [6, 6.07) is 18.2. The molecular formula is C26H29FN2O3S. The number of nitrogens with zero attached hydrogens (tertiary/aromatic N) is 1. The Balaban J connectivity index is 1.94. The zero-order chi connectivity index (χ0) is 24.0. The average molecular weight is 469 g/mol. The van der Waals surface area contributed by atoms with Gasteiger partial charge in [0.2, 0.25) is 15.9 Å².